The predicted molar refractivity (Wildman–Crippen MR) is 118 cm³/mol. The van der Waals surface area contributed by atoms with Gasteiger partial charge in [0.15, 0.2) is 0 Å². The van der Waals surface area contributed by atoms with Crippen LogP contribution in [0.5, 0.6) is 5.75 Å². The molecule has 2 atom stereocenters. The number of nitrogens with zero attached hydrogens (tertiary/aromatic N) is 1. The van der Waals surface area contributed by atoms with Crippen LogP contribution >= 0.6 is 0 Å². The van der Waals surface area contributed by atoms with E-state index in [9.17, 15) is 29.4 Å². The summed E-state index contributed by atoms with van der Waals surface area (Å²) in [6, 6.07) is 3.16. The molecule has 11 heteroatoms. The summed E-state index contributed by atoms with van der Waals surface area (Å²) < 4.78 is 9.94. The van der Waals surface area contributed by atoms with Crippen LogP contribution in [0.1, 0.15) is 45.7 Å². The van der Waals surface area contributed by atoms with Gasteiger partial charge in [0.25, 0.3) is 0 Å². The first-order valence-electron chi connectivity index (χ1n) is 10.5. The van der Waals surface area contributed by atoms with Gasteiger partial charge in [-0.25, -0.2) is 4.79 Å². The number of aliphatic hydroxyl groups is 1. The van der Waals surface area contributed by atoms with Gasteiger partial charge in [0.1, 0.15) is 23.4 Å². The molecule has 4 N–H and O–H groups in total. The first-order chi connectivity index (χ1) is 15.4. The Balaban J connectivity index is 3.05. The van der Waals surface area contributed by atoms with E-state index in [2.05, 4.69) is 10.6 Å². The van der Waals surface area contributed by atoms with E-state index in [1.54, 1.807) is 27.7 Å². The average Bonchev–Trinajstić information content (AvgIpc) is 2.70. The van der Waals surface area contributed by atoms with Gasteiger partial charge in [0.05, 0.1) is 19.6 Å². The summed E-state index contributed by atoms with van der Waals surface area (Å²) in [5.41, 5.74) is -0.532. The summed E-state index contributed by atoms with van der Waals surface area (Å²) in [6.45, 7) is 6.04. The van der Waals surface area contributed by atoms with Crippen molar-refractivity contribution in [1.29, 1.82) is 0 Å². The molecule has 0 aromatic heterocycles. The minimum absolute atomic E-state index is 0.0331. The van der Waals surface area contributed by atoms with Crippen LogP contribution in [0.3, 0.4) is 0 Å². The minimum atomic E-state index is -1.38. The van der Waals surface area contributed by atoms with Crippen molar-refractivity contribution < 1.29 is 38.9 Å². The zero-order chi connectivity index (χ0) is 25.2. The number of likely N-dealkylation sites (N-methyl/N-ethyl adjacent to an activating group) is 1. The Morgan fingerprint density at radius 1 is 1.18 bits per heavy atom. The molecule has 11 nitrogen and oxygen atoms in total. The topological polar surface area (TPSA) is 154 Å². The summed E-state index contributed by atoms with van der Waals surface area (Å²) in [4.78, 5) is 50.6. The molecule has 0 saturated carbocycles. The number of phenolic OH excluding ortho intramolecular Hbond substituents is 1. The monoisotopic (exact) mass is 467 g/mol. The maximum absolute atomic E-state index is 13.0. The van der Waals surface area contributed by atoms with E-state index in [1.165, 1.54) is 31.3 Å². The van der Waals surface area contributed by atoms with Crippen molar-refractivity contribution in [1.82, 2.24) is 15.5 Å². The lowest BCUT2D eigenvalue weighted by Crippen LogP contribution is -2.53. The van der Waals surface area contributed by atoms with E-state index < -0.39 is 48.2 Å². The van der Waals surface area contributed by atoms with Crippen molar-refractivity contribution in [3.8, 4) is 5.75 Å². The number of nitrogens with one attached hydrogen (secondary N) is 2. The zero-order valence-corrected chi connectivity index (χ0v) is 19.6. The van der Waals surface area contributed by atoms with Crippen molar-refractivity contribution in [3.05, 3.63) is 29.8 Å². The molecule has 0 aliphatic rings. The number of ether oxygens (including phenoxy) is 2. The van der Waals surface area contributed by atoms with Gasteiger partial charge in [0, 0.05) is 13.6 Å². The fourth-order valence-electron chi connectivity index (χ4n) is 2.87. The molecule has 3 amide bonds. The van der Waals surface area contributed by atoms with Crippen molar-refractivity contribution in [2.45, 2.75) is 51.8 Å². The van der Waals surface area contributed by atoms with Crippen LogP contribution in [0.15, 0.2) is 24.3 Å². The fraction of sp³-hybridized carbons (Fsp3) is 0.545. The number of rotatable bonds is 10. The van der Waals surface area contributed by atoms with Crippen molar-refractivity contribution in [3.63, 3.8) is 0 Å². The maximum Gasteiger partial charge on any atom is 0.408 e. The highest BCUT2D eigenvalue weighted by Crippen LogP contribution is 2.24. The number of carbonyl (C=O) groups excluding carboxylic acids is 4. The Morgan fingerprint density at radius 3 is 2.39 bits per heavy atom. The van der Waals surface area contributed by atoms with E-state index in [0.717, 1.165) is 4.90 Å². The van der Waals surface area contributed by atoms with Gasteiger partial charge < -0.3 is 35.2 Å². The molecule has 0 spiro atoms. The Morgan fingerprint density at radius 2 is 1.85 bits per heavy atom. The number of amides is 3. The smallest absolute Gasteiger partial charge is 0.408 e. The molecule has 0 bridgehead atoms. The number of hydrogen-bond acceptors (Lipinski definition) is 8. The third-order valence-corrected chi connectivity index (χ3v) is 4.27. The fourth-order valence-corrected chi connectivity index (χ4v) is 2.87. The highest BCUT2D eigenvalue weighted by Gasteiger charge is 2.34. The van der Waals surface area contributed by atoms with Crippen molar-refractivity contribution in [2.24, 2.45) is 0 Å². The molecular formula is C22H33N3O8. The van der Waals surface area contributed by atoms with Gasteiger partial charge in [-0.2, -0.15) is 0 Å². The molecule has 184 valence electrons. The molecule has 1 aromatic carbocycles. The molecule has 0 heterocycles. The molecular weight excluding hydrogens is 434 g/mol. The number of aliphatic hydroxyl groups excluding tert-OH is 1. The number of aromatic hydroxyl groups is 1. The zero-order valence-electron chi connectivity index (χ0n) is 19.6. The third kappa shape index (κ3) is 9.36. The summed E-state index contributed by atoms with van der Waals surface area (Å²) in [5, 5.41) is 24.4. The largest absolute Gasteiger partial charge is 0.508 e. The summed E-state index contributed by atoms with van der Waals surface area (Å²) in [7, 11) is 1.32. The van der Waals surface area contributed by atoms with E-state index in [4.69, 9.17) is 9.47 Å². The predicted octanol–water partition coefficient (Wildman–Crippen LogP) is 0.847. The molecule has 2 unspecified atom stereocenters. The lowest BCUT2D eigenvalue weighted by Gasteiger charge is -2.31. The van der Waals surface area contributed by atoms with Crippen LogP contribution in [0.4, 0.5) is 4.79 Å². The second-order valence-electron chi connectivity index (χ2n) is 8.17. The molecule has 1 aromatic rings. The van der Waals surface area contributed by atoms with E-state index in [1.807, 2.05) is 0 Å². The number of alkyl carbamates (subject to hydrolysis) is 1. The third-order valence-electron chi connectivity index (χ3n) is 4.27. The number of esters is 1. The Kier molecular flexibility index (Phi) is 10.6. The van der Waals surface area contributed by atoms with Crippen LogP contribution in [-0.2, 0) is 23.9 Å². The second-order valence-corrected chi connectivity index (χ2v) is 8.17. The first-order valence-corrected chi connectivity index (χ1v) is 10.5. The molecule has 0 radical (unpaired) electrons. The van der Waals surface area contributed by atoms with E-state index in [-0.39, 0.29) is 30.9 Å². The van der Waals surface area contributed by atoms with Gasteiger partial charge >= 0.3 is 12.1 Å². The summed E-state index contributed by atoms with van der Waals surface area (Å²) in [6.07, 6.45) is -0.972. The van der Waals surface area contributed by atoms with Crippen LogP contribution in [0.25, 0.3) is 0 Å². The molecule has 0 aliphatic carbocycles. The van der Waals surface area contributed by atoms with Gasteiger partial charge in [-0.15, -0.1) is 0 Å². The van der Waals surface area contributed by atoms with Crippen LogP contribution in [0, 0.1) is 0 Å². The normalized spacial score (nSPS) is 12.8. The van der Waals surface area contributed by atoms with E-state index in [0.29, 0.717) is 0 Å². The Labute approximate surface area is 193 Å². The highest BCUT2D eigenvalue weighted by atomic mass is 16.6. The quantitative estimate of drug-likeness (QED) is 0.369. The van der Waals surface area contributed by atoms with Crippen LogP contribution in [0.2, 0.25) is 0 Å². The number of hydrogen-bond donors (Lipinski definition) is 4. The number of benzene rings is 1. The van der Waals surface area contributed by atoms with Crippen molar-refractivity contribution in [2.75, 3.05) is 26.8 Å². The SMILES string of the molecule is CCOC(=O)CCNC(=O)C(c1cccc(O)c1)N(C)C(=O)C(CO)NC(=O)OC(C)(C)C. The molecule has 0 fully saturated rings. The maximum atomic E-state index is 13.0. The van der Waals surface area contributed by atoms with Gasteiger partial charge in [-0.05, 0) is 45.4 Å². The van der Waals surface area contributed by atoms with Crippen LogP contribution < -0.4 is 10.6 Å². The highest BCUT2D eigenvalue weighted by molar-refractivity contribution is 5.92. The van der Waals surface area contributed by atoms with Gasteiger partial charge in [0.2, 0.25) is 11.8 Å². The summed E-state index contributed by atoms with van der Waals surface area (Å²) in [5.74, 6) is -2.01. The first kappa shape index (κ1) is 27.7. The molecule has 1 rings (SSSR count). The van der Waals surface area contributed by atoms with Gasteiger partial charge in [-0.1, -0.05) is 12.1 Å². The van der Waals surface area contributed by atoms with Gasteiger partial charge in [-0.3, -0.25) is 14.4 Å². The Hall–Kier alpha value is -3.34. The van der Waals surface area contributed by atoms with E-state index >= 15 is 0 Å². The molecule has 0 aliphatic heterocycles. The molecule has 0 saturated heterocycles. The average molecular weight is 468 g/mol. The molecule has 33 heavy (non-hydrogen) atoms. The minimum Gasteiger partial charge on any atom is -0.508 e. The number of carbonyl (C=O) groups is 4. The van der Waals surface area contributed by atoms with Crippen LogP contribution in [-0.4, -0.2) is 77.4 Å². The lowest BCUT2D eigenvalue weighted by molar-refractivity contribution is -0.144. The summed E-state index contributed by atoms with van der Waals surface area (Å²) >= 11 is 0. The van der Waals surface area contributed by atoms with Crippen molar-refractivity contribution >= 4 is 23.9 Å². The Bertz CT molecular complexity index is 837. The lowest BCUT2D eigenvalue weighted by atomic mass is 10.0. The number of phenols is 1. The second kappa shape index (κ2) is 12.6. The standard InChI is InChI=1S/C22H33N3O8/c1-6-32-17(28)10-11-23-19(29)18(14-8-7-9-15(27)12-14)25(5)20(30)16(13-26)24-21(31)33-22(2,3)4/h7-9,12,16,18,26-27H,6,10-11,13H2,1-5H3,(H,23,29)(H,24,31).